The number of aliphatic hydroxyl groups is 1. The van der Waals surface area contributed by atoms with E-state index in [1.807, 2.05) is 13.8 Å². The van der Waals surface area contributed by atoms with Crippen molar-refractivity contribution < 1.29 is 37.0 Å². The van der Waals surface area contributed by atoms with Gasteiger partial charge in [0.05, 0.1) is 29.0 Å². The molecule has 2 aliphatic heterocycles. The quantitative estimate of drug-likeness (QED) is 0.161. The number of ether oxygens (including phenoxy) is 1. The van der Waals surface area contributed by atoms with Gasteiger partial charge in [-0.2, -0.15) is 0 Å². The molecule has 0 fully saturated rings. The van der Waals surface area contributed by atoms with E-state index < -0.39 is 33.7 Å². The van der Waals surface area contributed by atoms with Crippen LogP contribution in [0.3, 0.4) is 0 Å². The molecule has 42 heavy (non-hydrogen) atoms. The van der Waals surface area contributed by atoms with Crippen LogP contribution in [0.4, 0.5) is 17.6 Å². The van der Waals surface area contributed by atoms with Crippen molar-refractivity contribution in [3.05, 3.63) is 61.7 Å². The number of alkyl halides is 3. The first-order chi connectivity index (χ1) is 19.7. The molecule has 5 N–H and O–H groups in total. The Morgan fingerprint density at radius 2 is 1.81 bits per heavy atom. The van der Waals surface area contributed by atoms with Crippen LogP contribution in [0.2, 0.25) is 3.98 Å². The number of esters is 1. The number of aryl methyl sites for hydroxylation is 2. The summed E-state index contributed by atoms with van der Waals surface area (Å²) in [5.41, 5.74) is 12.3. The van der Waals surface area contributed by atoms with E-state index in [1.54, 1.807) is 17.6 Å². The maximum absolute atomic E-state index is 14.5. The predicted molar refractivity (Wildman–Crippen MR) is 146 cm³/mol. The average molecular weight is 785 g/mol. The van der Waals surface area contributed by atoms with Gasteiger partial charge in [0.15, 0.2) is 6.10 Å². The van der Waals surface area contributed by atoms with Crippen molar-refractivity contribution in [2.75, 3.05) is 0 Å². The summed E-state index contributed by atoms with van der Waals surface area (Å²) in [5.74, 6) is -2.55. The van der Waals surface area contributed by atoms with Crippen LogP contribution in [0.5, 0.6) is 0 Å². The number of cyclic esters (lactones) is 1. The van der Waals surface area contributed by atoms with E-state index in [4.69, 9.17) is 15.5 Å². The number of fused-ring (bicyclic) bond motifs is 5. The number of aliphatic hydroxyl groups excluding tert-OH is 1. The SMILES string of the molecule is CC.Cc1c(F)cc2nc3c(c4c2c1CCC4)Cn1c-3cc2c(c1=O)COC(=O)C2O.NC(=O)C(N)([CH2][Pb])C(F)(F)F. The van der Waals surface area contributed by atoms with Gasteiger partial charge < -0.3 is 14.4 Å². The van der Waals surface area contributed by atoms with Crippen molar-refractivity contribution in [2.24, 2.45) is 11.5 Å². The molecule has 3 aliphatic rings. The number of pyridine rings is 2. The summed E-state index contributed by atoms with van der Waals surface area (Å²) in [6.45, 7) is 6.05. The van der Waals surface area contributed by atoms with Crippen LogP contribution in [0.1, 0.15) is 59.8 Å². The molecule has 1 aromatic carbocycles. The molecule has 2 aromatic heterocycles. The normalized spacial score (nSPS) is 17.9. The summed E-state index contributed by atoms with van der Waals surface area (Å²) in [5, 5.41) is 11.2. The van der Waals surface area contributed by atoms with Gasteiger partial charge in [0.1, 0.15) is 12.4 Å². The van der Waals surface area contributed by atoms with E-state index in [-0.39, 0.29) is 49.3 Å². The van der Waals surface area contributed by atoms with Gasteiger partial charge in [0.25, 0.3) is 5.56 Å². The van der Waals surface area contributed by atoms with Gasteiger partial charge in [0.2, 0.25) is 0 Å². The number of amides is 1. The first-order valence-corrected chi connectivity index (χ1v) is 16.0. The zero-order valence-electron chi connectivity index (χ0n) is 23.1. The predicted octanol–water partition coefficient (Wildman–Crippen LogP) is 2.80. The second kappa shape index (κ2) is 11.6. The third-order valence-corrected chi connectivity index (χ3v) is 9.93. The number of primary amides is 1. The van der Waals surface area contributed by atoms with Gasteiger partial charge in [-0.3, -0.25) is 4.79 Å². The van der Waals surface area contributed by atoms with E-state index in [0.717, 1.165) is 41.3 Å². The van der Waals surface area contributed by atoms with Crippen molar-refractivity contribution in [3.63, 3.8) is 0 Å². The van der Waals surface area contributed by atoms with Crippen LogP contribution >= 0.6 is 0 Å². The third-order valence-electron chi connectivity index (χ3n) is 7.76. The fraction of sp³-hybridized carbons (Fsp3) is 0.429. The van der Waals surface area contributed by atoms with Gasteiger partial charge in [-0.05, 0) is 48.9 Å². The first-order valence-electron chi connectivity index (χ1n) is 13.3. The summed E-state index contributed by atoms with van der Waals surface area (Å²) >= 11 is 0.180. The Hall–Kier alpha value is -2.92. The number of rotatable bonds is 2. The van der Waals surface area contributed by atoms with E-state index in [1.165, 1.54) is 6.07 Å². The molecule has 0 saturated carbocycles. The molecule has 6 rings (SSSR count). The molecule has 1 aliphatic carbocycles. The van der Waals surface area contributed by atoms with Gasteiger partial charge >= 0.3 is 82.8 Å². The summed E-state index contributed by atoms with van der Waals surface area (Å²) < 4.78 is 56.5. The van der Waals surface area contributed by atoms with Crippen LogP contribution in [0, 0.1) is 12.7 Å². The Morgan fingerprint density at radius 3 is 2.38 bits per heavy atom. The molecule has 3 aromatic rings. The minimum absolute atomic E-state index is 0.141. The Kier molecular flexibility index (Phi) is 8.87. The van der Waals surface area contributed by atoms with Crippen LogP contribution < -0.4 is 17.0 Å². The molecule has 223 valence electrons. The van der Waals surface area contributed by atoms with Crippen molar-refractivity contribution in [1.82, 2.24) is 9.55 Å². The molecule has 0 spiro atoms. The number of carbonyl (C=O) groups excluding carboxylic acids is 2. The van der Waals surface area contributed by atoms with E-state index >= 15 is 0 Å². The molecule has 14 heteroatoms. The molecule has 4 heterocycles. The van der Waals surface area contributed by atoms with E-state index in [0.29, 0.717) is 34.6 Å². The Balaban J connectivity index is 0.000000267. The van der Waals surface area contributed by atoms with E-state index in [9.17, 15) is 37.1 Å². The van der Waals surface area contributed by atoms with Crippen LogP contribution in [0.15, 0.2) is 16.9 Å². The number of nitrogens with two attached hydrogens (primary N) is 2. The molecule has 0 bridgehead atoms. The number of hydrogen-bond donors (Lipinski definition) is 3. The van der Waals surface area contributed by atoms with E-state index in [2.05, 4.69) is 5.73 Å². The third kappa shape index (κ3) is 5.02. The summed E-state index contributed by atoms with van der Waals surface area (Å²) in [6.07, 6.45) is -3.62. The minimum atomic E-state index is -4.74. The molecule has 1 amide bonds. The van der Waals surface area contributed by atoms with Crippen molar-refractivity contribution >= 4 is 48.5 Å². The van der Waals surface area contributed by atoms with Gasteiger partial charge in [-0.1, -0.05) is 13.8 Å². The molecular formula is C28H29F4N4O5Pb. The molecular weight excluding hydrogens is 756 g/mol. The number of hydrogen-bond acceptors (Lipinski definition) is 7. The van der Waals surface area contributed by atoms with Crippen LogP contribution in [-0.4, -0.2) is 64.0 Å². The molecule has 3 radical (unpaired) electrons. The molecule has 9 nitrogen and oxygen atoms in total. The number of benzene rings is 1. The van der Waals surface area contributed by atoms with Crippen molar-refractivity contribution in [1.29, 1.82) is 0 Å². The summed E-state index contributed by atoms with van der Waals surface area (Å²) in [4.78, 5) is 39.9. The zero-order valence-corrected chi connectivity index (χ0v) is 27.0. The van der Waals surface area contributed by atoms with Gasteiger partial charge in [-0.15, -0.1) is 0 Å². The molecule has 2 atom stereocenters. The standard InChI is InChI=1S/C22H17FN2O4.C4H6F3N2O.C2H6.Pb/c1-9-10-3-2-4-11-13-7-25-17(19(13)24-16(18(10)11)6-15(9)23)5-12-14(21(25)27)8-29-22(28)20(12)26;1-3(9,2(8)10)4(5,6)7;1-2;/h5-6,20,26H,2-4,7-8H2,1H3;1,9H2,(H2,8,10);1-2H3;. The molecule has 0 saturated heterocycles. The first kappa shape index (κ1) is 32.0. The van der Waals surface area contributed by atoms with Gasteiger partial charge in [0, 0.05) is 22.6 Å². The van der Waals surface area contributed by atoms with Gasteiger partial charge in [-0.25, -0.2) is 14.2 Å². The Labute approximate surface area is 253 Å². The number of aromatic nitrogens is 2. The van der Waals surface area contributed by atoms with Crippen LogP contribution in [-0.2, 0) is 40.3 Å². The number of nitrogens with zero attached hydrogens (tertiary/aromatic N) is 2. The van der Waals surface area contributed by atoms with Crippen LogP contribution in [0.25, 0.3) is 22.3 Å². The number of halogens is 4. The maximum atomic E-state index is 14.5. The second-order valence-corrected chi connectivity index (χ2v) is 11.4. The monoisotopic (exact) mass is 785 g/mol. The topological polar surface area (TPSA) is 151 Å². The second-order valence-electron chi connectivity index (χ2n) is 10.0. The molecule has 2 unspecified atom stereocenters. The number of carbonyl (C=O) groups is 2. The zero-order chi connectivity index (χ0) is 31.3. The Bertz CT molecular complexity index is 1670. The Morgan fingerprint density at radius 1 is 1.17 bits per heavy atom. The summed E-state index contributed by atoms with van der Waals surface area (Å²) in [7, 11) is 0. The summed E-state index contributed by atoms with van der Waals surface area (Å²) in [6, 6.07) is 3.13. The fourth-order valence-corrected chi connectivity index (χ4v) is 6.85. The fourth-order valence-electron chi connectivity index (χ4n) is 5.39. The van der Waals surface area contributed by atoms with Crippen molar-refractivity contribution in [2.45, 2.75) is 75.0 Å². The van der Waals surface area contributed by atoms with Crippen molar-refractivity contribution in [3.8, 4) is 11.4 Å². The average Bonchev–Trinajstić information content (AvgIpc) is 3.33.